The molecule has 22 heavy (non-hydrogen) atoms. The number of hydrogen-bond acceptors (Lipinski definition) is 3. The Balaban J connectivity index is 1.95. The Morgan fingerprint density at radius 2 is 2.00 bits per heavy atom. The second kappa shape index (κ2) is 8.00. The van der Waals surface area contributed by atoms with E-state index in [4.69, 9.17) is 16.3 Å². The van der Waals surface area contributed by atoms with E-state index in [1.54, 1.807) is 42.5 Å². The lowest BCUT2D eigenvalue weighted by Crippen LogP contribution is -2.20. The van der Waals surface area contributed by atoms with Crippen LogP contribution < -0.4 is 10.1 Å². The number of anilines is 1. The van der Waals surface area contributed by atoms with Crippen LogP contribution in [0.25, 0.3) is 0 Å². The van der Waals surface area contributed by atoms with Crippen molar-refractivity contribution in [3.05, 3.63) is 53.6 Å². The van der Waals surface area contributed by atoms with Gasteiger partial charge in [0.15, 0.2) is 6.61 Å². The number of rotatable bonds is 6. The van der Waals surface area contributed by atoms with E-state index in [0.717, 1.165) is 0 Å². The Labute approximate surface area is 135 Å². The maximum atomic E-state index is 12.5. The Bertz CT molecular complexity index is 655. The van der Waals surface area contributed by atoms with Gasteiger partial charge < -0.3 is 10.1 Å². The Morgan fingerprint density at radius 3 is 2.73 bits per heavy atom. The number of carbonyl (C=O) groups excluding carboxylic acids is 1. The molecule has 2 aromatic rings. The molecule has 1 amide bonds. The van der Waals surface area contributed by atoms with Gasteiger partial charge >= 0.3 is 0 Å². The smallest absolute Gasteiger partial charge is 0.288 e. The number of nitrogens with one attached hydrogen (secondary N) is 1. The third-order valence-electron chi connectivity index (χ3n) is 2.54. The molecule has 3 nitrogen and oxygen atoms in total. The van der Waals surface area contributed by atoms with Crippen LogP contribution in [0.15, 0.2) is 53.4 Å². The molecule has 0 bridgehead atoms. The van der Waals surface area contributed by atoms with Gasteiger partial charge in [-0.25, -0.2) is 0 Å². The molecule has 0 aliphatic carbocycles. The summed E-state index contributed by atoms with van der Waals surface area (Å²) in [4.78, 5) is 12.1. The molecule has 2 rings (SSSR count). The van der Waals surface area contributed by atoms with Gasteiger partial charge in [0, 0.05) is 9.92 Å². The third kappa shape index (κ3) is 5.20. The predicted octanol–water partition coefficient (Wildman–Crippen LogP) is 4.67. The molecule has 0 aliphatic rings. The largest absolute Gasteiger partial charge is 0.484 e. The van der Waals surface area contributed by atoms with E-state index in [1.165, 1.54) is 6.07 Å². The van der Waals surface area contributed by atoms with E-state index >= 15 is 0 Å². The molecule has 116 valence electrons. The Morgan fingerprint density at radius 1 is 1.23 bits per heavy atom. The van der Waals surface area contributed by atoms with Crippen LogP contribution in [0, 0.1) is 0 Å². The molecule has 0 spiro atoms. The molecule has 7 heteroatoms. The summed E-state index contributed by atoms with van der Waals surface area (Å²) in [6, 6.07) is 13.0. The second-order valence-electron chi connectivity index (χ2n) is 4.17. The number of thioether (sulfide) groups is 1. The zero-order valence-electron chi connectivity index (χ0n) is 11.3. The predicted molar refractivity (Wildman–Crippen MR) is 83.9 cm³/mol. The Hall–Kier alpha value is -1.79. The highest BCUT2D eigenvalue weighted by molar-refractivity contribution is 7.99. The lowest BCUT2D eigenvalue weighted by Gasteiger charge is -2.11. The molecule has 0 saturated carbocycles. The summed E-state index contributed by atoms with van der Waals surface area (Å²) >= 11 is 6.18. The van der Waals surface area contributed by atoms with E-state index < -0.39 is 11.7 Å². The molecule has 0 heterocycles. The highest BCUT2D eigenvalue weighted by Gasteiger charge is 2.12. The number of carbonyl (C=O) groups is 1. The number of halogens is 3. The molecule has 0 saturated heterocycles. The topological polar surface area (TPSA) is 38.3 Å². The summed E-state index contributed by atoms with van der Waals surface area (Å²) in [7, 11) is 0. The molecule has 0 atom stereocenters. The van der Waals surface area contributed by atoms with Crippen molar-refractivity contribution in [2.75, 3.05) is 11.9 Å². The molecule has 0 aliphatic heterocycles. The van der Waals surface area contributed by atoms with Crippen molar-refractivity contribution in [2.45, 2.75) is 10.7 Å². The first-order chi connectivity index (χ1) is 10.5. The Kier molecular flexibility index (Phi) is 6.03. The van der Waals surface area contributed by atoms with Crippen LogP contribution in [0.2, 0.25) is 5.02 Å². The standard InChI is InChI=1S/C15H12ClF2NO2S/c16-10-4-3-5-11(8-10)21-9-14(20)19-12-6-1-2-7-13(12)22-15(17)18/h1-8,15H,9H2,(H,19,20). The van der Waals surface area contributed by atoms with E-state index in [2.05, 4.69) is 5.32 Å². The van der Waals surface area contributed by atoms with Crippen LogP contribution in [0.4, 0.5) is 14.5 Å². The number of hydrogen-bond donors (Lipinski definition) is 1. The van der Waals surface area contributed by atoms with Crippen LogP contribution in [0.1, 0.15) is 0 Å². The summed E-state index contributed by atoms with van der Waals surface area (Å²) in [5, 5.41) is 3.05. The first kappa shape index (κ1) is 16.6. The van der Waals surface area contributed by atoms with Gasteiger partial charge in [0.2, 0.25) is 0 Å². The average molecular weight is 344 g/mol. The van der Waals surface area contributed by atoms with Crippen LogP contribution >= 0.6 is 23.4 Å². The number of para-hydroxylation sites is 1. The minimum Gasteiger partial charge on any atom is -0.484 e. The van der Waals surface area contributed by atoms with E-state index in [1.807, 2.05) is 0 Å². The molecule has 0 aromatic heterocycles. The minimum absolute atomic E-state index is 0.242. The zero-order valence-corrected chi connectivity index (χ0v) is 12.8. The second-order valence-corrected chi connectivity index (χ2v) is 5.64. The molecule has 1 N–H and O–H groups in total. The fourth-order valence-corrected chi connectivity index (χ4v) is 2.44. The minimum atomic E-state index is -2.55. The number of amides is 1. The monoisotopic (exact) mass is 343 g/mol. The van der Waals surface area contributed by atoms with Crippen LogP contribution in [-0.2, 0) is 4.79 Å². The van der Waals surface area contributed by atoms with Gasteiger partial charge in [-0.1, -0.05) is 41.6 Å². The lowest BCUT2D eigenvalue weighted by molar-refractivity contribution is -0.118. The highest BCUT2D eigenvalue weighted by atomic mass is 35.5. The first-order valence-corrected chi connectivity index (χ1v) is 7.52. The summed E-state index contributed by atoms with van der Waals surface area (Å²) in [5.41, 5.74) is 0.326. The van der Waals surface area contributed by atoms with Gasteiger partial charge in [-0.15, -0.1) is 0 Å². The SMILES string of the molecule is O=C(COc1cccc(Cl)c1)Nc1ccccc1SC(F)F. The van der Waals surface area contributed by atoms with Crippen molar-refractivity contribution in [3.8, 4) is 5.75 Å². The van der Waals surface area contributed by atoms with Gasteiger partial charge in [0.05, 0.1) is 5.69 Å². The van der Waals surface area contributed by atoms with E-state index in [0.29, 0.717) is 33.1 Å². The lowest BCUT2D eigenvalue weighted by atomic mass is 10.3. The van der Waals surface area contributed by atoms with Gasteiger partial charge in [-0.3, -0.25) is 4.79 Å². The first-order valence-electron chi connectivity index (χ1n) is 6.26. The molecule has 0 radical (unpaired) electrons. The van der Waals surface area contributed by atoms with Gasteiger partial charge in [0.1, 0.15) is 5.75 Å². The number of benzene rings is 2. The van der Waals surface area contributed by atoms with E-state index in [-0.39, 0.29) is 6.61 Å². The van der Waals surface area contributed by atoms with E-state index in [9.17, 15) is 13.6 Å². The van der Waals surface area contributed by atoms with Gasteiger partial charge in [-0.05, 0) is 30.3 Å². The molecular weight excluding hydrogens is 332 g/mol. The average Bonchev–Trinajstić information content (AvgIpc) is 2.47. The van der Waals surface area contributed by atoms with Gasteiger partial charge in [0.25, 0.3) is 11.7 Å². The zero-order chi connectivity index (χ0) is 15.9. The maximum Gasteiger partial charge on any atom is 0.288 e. The van der Waals surface area contributed by atoms with Crippen LogP contribution in [-0.4, -0.2) is 18.3 Å². The quantitative estimate of drug-likeness (QED) is 0.774. The summed E-state index contributed by atoms with van der Waals surface area (Å²) in [6.07, 6.45) is 0. The maximum absolute atomic E-state index is 12.5. The van der Waals surface area contributed by atoms with Crippen molar-refractivity contribution in [2.24, 2.45) is 0 Å². The van der Waals surface area contributed by atoms with Crippen LogP contribution in [0.5, 0.6) is 5.75 Å². The fourth-order valence-electron chi connectivity index (χ4n) is 1.66. The summed E-state index contributed by atoms with van der Waals surface area (Å²) in [6.45, 7) is -0.242. The van der Waals surface area contributed by atoms with Crippen LogP contribution in [0.3, 0.4) is 0 Å². The number of ether oxygens (including phenoxy) is 1. The molecule has 0 unspecified atom stereocenters. The van der Waals surface area contributed by atoms with Crippen molar-refractivity contribution in [1.82, 2.24) is 0 Å². The summed E-state index contributed by atoms with van der Waals surface area (Å²) < 4.78 is 30.2. The summed E-state index contributed by atoms with van der Waals surface area (Å²) in [5.74, 6) is -2.54. The highest BCUT2D eigenvalue weighted by Crippen LogP contribution is 2.31. The van der Waals surface area contributed by atoms with Crippen molar-refractivity contribution >= 4 is 35.0 Å². The molecule has 0 fully saturated rings. The van der Waals surface area contributed by atoms with Gasteiger partial charge in [-0.2, -0.15) is 8.78 Å². The fraction of sp³-hybridized carbons (Fsp3) is 0.133. The molecular formula is C15H12ClF2NO2S. The third-order valence-corrected chi connectivity index (χ3v) is 3.57. The molecule has 2 aromatic carbocycles. The number of alkyl halides is 2. The van der Waals surface area contributed by atoms with Crippen molar-refractivity contribution in [3.63, 3.8) is 0 Å². The van der Waals surface area contributed by atoms with Crippen molar-refractivity contribution < 1.29 is 18.3 Å². The normalized spacial score (nSPS) is 10.5. The van der Waals surface area contributed by atoms with Crippen molar-refractivity contribution in [1.29, 1.82) is 0 Å².